The van der Waals surface area contributed by atoms with Gasteiger partial charge in [0.25, 0.3) is 5.91 Å². The molecule has 0 saturated heterocycles. The molecule has 1 atom stereocenters. The maximum Gasteiger partial charge on any atom is 0.422 e. The topological polar surface area (TPSA) is 54.8 Å². The summed E-state index contributed by atoms with van der Waals surface area (Å²) in [6, 6.07) is 0.998. The average molecular weight is 422 g/mol. The molecule has 27 heavy (non-hydrogen) atoms. The first kappa shape index (κ1) is 21.2. The number of rotatable bonds is 7. The van der Waals surface area contributed by atoms with Crippen molar-refractivity contribution in [2.24, 2.45) is 4.99 Å². The second-order valence-electron chi connectivity index (χ2n) is 5.72. The predicted octanol–water partition coefficient (Wildman–Crippen LogP) is 4.33. The first-order valence-electron chi connectivity index (χ1n) is 7.74. The van der Waals surface area contributed by atoms with Gasteiger partial charge in [0.05, 0.1) is 6.04 Å². The standard InChI is InChI=1S/C17H16Cl2F3N3O2/c1-10(25-8-12(6-18)13(16(25)26)3-4-23-2)11-5-14(19)15(24-7-11)27-9-17(20,21)22/h3-5,7,10H,2,6,8-9H2,1H3/b4-3-. The third-order valence-corrected chi connectivity index (χ3v) is 4.49. The lowest BCUT2D eigenvalue weighted by atomic mass is 10.1. The summed E-state index contributed by atoms with van der Waals surface area (Å²) in [7, 11) is 0. The summed E-state index contributed by atoms with van der Waals surface area (Å²) in [6.07, 6.45) is -0.222. The second-order valence-corrected chi connectivity index (χ2v) is 6.39. The molecule has 0 radical (unpaired) electrons. The number of ether oxygens (including phenoxy) is 1. The lowest BCUT2D eigenvalue weighted by Gasteiger charge is -2.25. The van der Waals surface area contributed by atoms with E-state index >= 15 is 0 Å². The van der Waals surface area contributed by atoms with Crippen molar-refractivity contribution in [1.82, 2.24) is 9.88 Å². The van der Waals surface area contributed by atoms with Crippen LogP contribution in [0.3, 0.4) is 0 Å². The van der Waals surface area contributed by atoms with Crippen molar-refractivity contribution in [3.05, 3.63) is 46.3 Å². The second kappa shape index (κ2) is 8.75. The summed E-state index contributed by atoms with van der Waals surface area (Å²) in [4.78, 5) is 21.6. The number of carbonyl (C=O) groups excluding carboxylic acids is 1. The van der Waals surface area contributed by atoms with Crippen LogP contribution in [0.25, 0.3) is 0 Å². The van der Waals surface area contributed by atoms with Crippen LogP contribution in [0, 0.1) is 0 Å². The minimum Gasteiger partial charge on any atom is -0.467 e. The van der Waals surface area contributed by atoms with Gasteiger partial charge in [-0.2, -0.15) is 13.2 Å². The van der Waals surface area contributed by atoms with E-state index in [2.05, 4.69) is 21.4 Å². The van der Waals surface area contributed by atoms with E-state index in [1.165, 1.54) is 18.5 Å². The van der Waals surface area contributed by atoms with Gasteiger partial charge in [-0.25, -0.2) is 4.98 Å². The predicted molar refractivity (Wildman–Crippen MR) is 97.4 cm³/mol. The Labute approximate surface area is 164 Å². The van der Waals surface area contributed by atoms with Crippen molar-refractivity contribution in [2.45, 2.75) is 19.1 Å². The van der Waals surface area contributed by atoms with Crippen molar-refractivity contribution in [3.8, 4) is 5.88 Å². The minimum absolute atomic E-state index is 0.0725. The molecular formula is C17H16Cl2F3N3O2. The quantitative estimate of drug-likeness (QED) is 0.486. The lowest BCUT2D eigenvalue weighted by molar-refractivity contribution is -0.154. The summed E-state index contributed by atoms with van der Waals surface area (Å²) in [6.45, 7) is 3.90. The van der Waals surface area contributed by atoms with E-state index in [0.29, 0.717) is 17.7 Å². The number of aromatic nitrogens is 1. The van der Waals surface area contributed by atoms with Gasteiger partial charge in [-0.15, -0.1) is 11.6 Å². The van der Waals surface area contributed by atoms with Gasteiger partial charge in [0, 0.05) is 30.4 Å². The van der Waals surface area contributed by atoms with Crippen molar-refractivity contribution in [2.75, 3.05) is 19.0 Å². The average Bonchev–Trinajstić information content (AvgIpc) is 2.93. The van der Waals surface area contributed by atoms with Crippen LogP contribution >= 0.6 is 23.2 Å². The van der Waals surface area contributed by atoms with Gasteiger partial charge in [0.1, 0.15) is 5.02 Å². The van der Waals surface area contributed by atoms with Crippen LogP contribution in [0.4, 0.5) is 13.2 Å². The smallest absolute Gasteiger partial charge is 0.422 e. The van der Waals surface area contributed by atoms with Gasteiger partial charge in [-0.05, 0) is 36.9 Å². The molecule has 1 aromatic heterocycles. The van der Waals surface area contributed by atoms with Crippen LogP contribution < -0.4 is 4.74 Å². The van der Waals surface area contributed by atoms with Crippen LogP contribution in [0.5, 0.6) is 5.88 Å². The maximum atomic E-state index is 12.7. The monoisotopic (exact) mass is 421 g/mol. The number of nitrogens with zero attached hydrogens (tertiary/aromatic N) is 3. The zero-order valence-corrected chi connectivity index (χ0v) is 15.8. The molecule has 1 aliphatic rings. The largest absolute Gasteiger partial charge is 0.467 e. The minimum atomic E-state index is -4.49. The van der Waals surface area contributed by atoms with Gasteiger partial charge in [-0.3, -0.25) is 9.79 Å². The number of carbonyl (C=O) groups is 1. The molecule has 0 spiro atoms. The van der Waals surface area contributed by atoms with Gasteiger partial charge >= 0.3 is 6.18 Å². The summed E-state index contributed by atoms with van der Waals surface area (Å²) in [5, 5.41) is -0.0725. The fourth-order valence-corrected chi connectivity index (χ4v) is 2.97. The Hall–Kier alpha value is -2.06. The Balaban J connectivity index is 2.17. The number of pyridine rings is 1. The summed E-state index contributed by atoms with van der Waals surface area (Å²) in [5.41, 5.74) is 1.72. The Morgan fingerprint density at radius 2 is 2.22 bits per heavy atom. The Morgan fingerprint density at radius 3 is 2.78 bits per heavy atom. The zero-order chi connectivity index (χ0) is 20.2. The SMILES string of the molecule is C=N/C=C\C1=C(CCl)CN(C(C)c2cnc(OCC(F)(F)F)c(Cl)c2)C1=O. The highest BCUT2D eigenvalue weighted by Crippen LogP contribution is 2.33. The fraction of sp³-hybridized carbons (Fsp3) is 0.353. The number of alkyl halides is 4. The summed E-state index contributed by atoms with van der Waals surface area (Å²) < 4.78 is 41.3. The summed E-state index contributed by atoms with van der Waals surface area (Å²) in [5.74, 6) is -0.390. The van der Waals surface area contributed by atoms with E-state index in [4.69, 9.17) is 23.2 Å². The van der Waals surface area contributed by atoms with E-state index in [9.17, 15) is 18.0 Å². The molecule has 5 nitrogen and oxygen atoms in total. The van der Waals surface area contributed by atoms with Crippen LogP contribution in [0.1, 0.15) is 18.5 Å². The van der Waals surface area contributed by atoms with Crippen molar-refractivity contribution >= 4 is 35.8 Å². The molecule has 2 heterocycles. The highest BCUT2D eigenvalue weighted by Gasteiger charge is 2.33. The third kappa shape index (κ3) is 5.23. The molecule has 0 aromatic carbocycles. The number of amides is 1. The van der Waals surface area contributed by atoms with Crippen molar-refractivity contribution < 1.29 is 22.7 Å². The van der Waals surface area contributed by atoms with Crippen LogP contribution in [0.2, 0.25) is 5.02 Å². The first-order valence-corrected chi connectivity index (χ1v) is 8.65. The molecule has 1 amide bonds. The Morgan fingerprint density at radius 1 is 1.52 bits per heavy atom. The molecule has 0 bridgehead atoms. The Bertz CT molecular complexity index is 794. The molecule has 1 aromatic rings. The molecule has 0 saturated carbocycles. The molecule has 0 fully saturated rings. The Kier molecular flexibility index (Phi) is 6.89. The van der Waals surface area contributed by atoms with Gasteiger partial charge in [0.2, 0.25) is 5.88 Å². The van der Waals surface area contributed by atoms with Gasteiger partial charge in [0.15, 0.2) is 6.61 Å². The molecule has 1 unspecified atom stereocenters. The number of hydrogen-bond acceptors (Lipinski definition) is 4. The molecule has 10 heteroatoms. The molecule has 146 valence electrons. The highest BCUT2D eigenvalue weighted by atomic mass is 35.5. The summed E-state index contributed by atoms with van der Waals surface area (Å²) >= 11 is 11.9. The van der Waals surface area contributed by atoms with E-state index in [1.807, 2.05) is 0 Å². The molecule has 0 N–H and O–H groups in total. The molecule has 1 aliphatic heterocycles. The maximum absolute atomic E-state index is 12.7. The van der Waals surface area contributed by atoms with Crippen molar-refractivity contribution in [3.63, 3.8) is 0 Å². The van der Waals surface area contributed by atoms with E-state index in [0.717, 1.165) is 5.57 Å². The van der Waals surface area contributed by atoms with Crippen molar-refractivity contribution in [1.29, 1.82) is 0 Å². The number of aliphatic imine (C=N–C) groups is 1. The zero-order valence-electron chi connectivity index (χ0n) is 14.3. The number of halogens is 5. The van der Waals surface area contributed by atoms with Crippen LogP contribution in [0.15, 0.2) is 40.7 Å². The van der Waals surface area contributed by atoms with E-state index in [-0.39, 0.29) is 22.7 Å². The van der Waals surface area contributed by atoms with Gasteiger partial charge in [-0.1, -0.05) is 11.6 Å². The van der Waals surface area contributed by atoms with Crippen LogP contribution in [-0.4, -0.2) is 47.7 Å². The first-order chi connectivity index (χ1) is 12.7. The van der Waals surface area contributed by atoms with Gasteiger partial charge < -0.3 is 9.64 Å². The molecule has 2 rings (SSSR count). The third-order valence-electron chi connectivity index (χ3n) is 3.89. The van der Waals surface area contributed by atoms with E-state index in [1.54, 1.807) is 17.9 Å². The highest BCUT2D eigenvalue weighted by molar-refractivity contribution is 6.31. The van der Waals surface area contributed by atoms with Crippen LogP contribution in [-0.2, 0) is 4.79 Å². The normalized spacial score (nSPS) is 16.4. The fourth-order valence-electron chi connectivity index (χ4n) is 2.52. The molecular weight excluding hydrogens is 406 g/mol. The number of hydrogen-bond donors (Lipinski definition) is 0. The molecule has 0 aliphatic carbocycles. The van der Waals surface area contributed by atoms with E-state index < -0.39 is 18.8 Å². The lowest BCUT2D eigenvalue weighted by Crippen LogP contribution is -2.30.